The lowest BCUT2D eigenvalue weighted by atomic mass is 10.0. The molecule has 0 amide bonds. The highest BCUT2D eigenvalue weighted by atomic mass is 16.5. The van der Waals surface area contributed by atoms with E-state index in [2.05, 4.69) is 34.9 Å². The molecule has 1 atom stereocenters. The number of hydrogen-bond donors (Lipinski definition) is 1. The largest absolute Gasteiger partial charge is 0.497 e. The number of methoxy groups -OCH3 is 1. The molecule has 1 unspecified atom stereocenters. The monoisotopic (exact) mass is 340 g/mol. The van der Waals surface area contributed by atoms with Gasteiger partial charge in [0.1, 0.15) is 5.75 Å². The van der Waals surface area contributed by atoms with Crippen LogP contribution in [0.25, 0.3) is 0 Å². The van der Waals surface area contributed by atoms with Crippen molar-refractivity contribution in [2.24, 2.45) is 0 Å². The van der Waals surface area contributed by atoms with Crippen LogP contribution in [-0.2, 0) is 0 Å². The first-order valence-corrected chi connectivity index (χ1v) is 9.02. The summed E-state index contributed by atoms with van der Waals surface area (Å²) >= 11 is 0. The number of anilines is 1. The first-order valence-electron chi connectivity index (χ1n) is 9.02. The highest BCUT2D eigenvalue weighted by molar-refractivity contribution is 5.51. The lowest BCUT2D eigenvalue weighted by Gasteiger charge is -2.36. The molecule has 1 fully saturated rings. The Morgan fingerprint density at radius 3 is 2.52 bits per heavy atom. The maximum absolute atomic E-state index is 10.5. The van der Waals surface area contributed by atoms with E-state index in [1.54, 1.807) is 7.11 Å². The second-order valence-corrected chi connectivity index (χ2v) is 6.69. The van der Waals surface area contributed by atoms with E-state index in [-0.39, 0.29) is 6.10 Å². The molecule has 0 radical (unpaired) electrons. The van der Waals surface area contributed by atoms with Gasteiger partial charge in [0.05, 0.1) is 13.2 Å². The predicted octanol–water partition coefficient (Wildman–Crippen LogP) is 3.25. The molecule has 0 spiro atoms. The van der Waals surface area contributed by atoms with Gasteiger partial charge in [-0.1, -0.05) is 30.3 Å². The van der Waals surface area contributed by atoms with Crippen LogP contribution in [0.1, 0.15) is 23.7 Å². The van der Waals surface area contributed by atoms with E-state index >= 15 is 0 Å². The zero-order valence-corrected chi connectivity index (χ0v) is 15.2. The van der Waals surface area contributed by atoms with Gasteiger partial charge in [0, 0.05) is 44.5 Å². The van der Waals surface area contributed by atoms with Gasteiger partial charge in [0.15, 0.2) is 0 Å². The fourth-order valence-corrected chi connectivity index (χ4v) is 3.46. The lowest BCUT2D eigenvalue weighted by Crippen LogP contribution is -2.46. The molecule has 4 nitrogen and oxygen atoms in total. The predicted molar refractivity (Wildman–Crippen MR) is 102 cm³/mol. The molecule has 1 saturated heterocycles. The molecule has 1 heterocycles. The van der Waals surface area contributed by atoms with E-state index < -0.39 is 0 Å². The molecule has 0 aromatic heterocycles. The smallest absolute Gasteiger partial charge is 0.120 e. The zero-order chi connectivity index (χ0) is 17.6. The van der Waals surface area contributed by atoms with Crippen LogP contribution in [0.5, 0.6) is 5.75 Å². The van der Waals surface area contributed by atoms with Crippen LogP contribution in [0, 0.1) is 6.92 Å². The molecule has 1 aliphatic rings. The van der Waals surface area contributed by atoms with Crippen molar-refractivity contribution >= 4 is 5.69 Å². The molecule has 2 aromatic carbocycles. The normalized spacial score (nSPS) is 16.7. The van der Waals surface area contributed by atoms with Crippen LogP contribution in [0.2, 0.25) is 0 Å². The Balaban J connectivity index is 1.48. The number of benzene rings is 2. The molecular formula is C21H28N2O2. The molecular weight excluding hydrogens is 312 g/mol. The van der Waals surface area contributed by atoms with Gasteiger partial charge in [0.25, 0.3) is 0 Å². The summed E-state index contributed by atoms with van der Waals surface area (Å²) in [6.45, 7) is 7.06. The Hall–Kier alpha value is -2.04. The number of ether oxygens (including phenoxy) is 1. The number of aliphatic hydroxyl groups excluding tert-OH is 1. The Kier molecular flexibility index (Phi) is 5.95. The van der Waals surface area contributed by atoms with Gasteiger partial charge < -0.3 is 14.7 Å². The van der Waals surface area contributed by atoms with Crippen LogP contribution in [0.4, 0.5) is 5.69 Å². The maximum atomic E-state index is 10.5. The van der Waals surface area contributed by atoms with Crippen LogP contribution in [-0.4, -0.2) is 49.8 Å². The van der Waals surface area contributed by atoms with Crippen LogP contribution in [0.3, 0.4) is 0 Å². The summed E-state index contributed by atoms with van der Waals surface area (Å²) in [6.07, 6.45) is 0.405. The third-order valence-electron chi connectivity index (χ3n) is 5.06. The van der Waals surface area contributed by atoms with Gasteiger partial charge >= 0.3 is 0 Å². The average Bonchev–Trinajstić information content (AvgIpc) is 2.67. The summed E-state index contributed by atoms with van der Waals surface area (Å²) in [4.78, 5) is 4.84. The molecule has 1 aliphatic heterocycles. The van der Waals surface area contributed by atoms with E-state index in [9.17, 15) is 5.11 Å². The molecule has 0 bridgehead atoms. The SMILES string of the molecule is COc1cccc(N2CCN(CCC(O)c3ccccc3C)CC2)c1. The van der Waals surface area contributed by atoms with Crippen LogP contribution in [0.15, 0.2) is 48.5 Å². The third kappa shape index (κ3) is 4.53. The van der Waals surface area contributed by atoms with E-state index in [1.807, 2.05) is 30.3 Å². The number of aryl methyl sites for hydroxylation is 1. The number of rotatable bonds is 6. The van der Waals surface area contributed by atoms with Gasteiger partial charge in [-0.05, 0) is 36.6 Å². The Morgan fingerprint density at radius 2 is 1.80 bits per heavy atom. The van der Waals surface area contributed by atoms with Crippen molar-refractivity contribution in [3.63, 3.8) is 0 Å². The van der Waals surface area contributed by atoms with E-state index in [0.717, 1.165) is 56.0 Å². The first-order chi connectivity index (χ1) is 12.2. The van der Waals surface area contributed by atoms with Crippen molar-refractivity contribution in [1.82, 2.24) is 4.90 Å². The minimum absolute atomic E-state index is 0.377. The second-order valence-electron chi connectivity index (χ2n) is 6.69. The van der Waals surface area contributed by atoms with Gasteiger partial charge in [-0.3, -0.25) is 4.90 Å². The number of hydrogen-bond acceptors (Lipinski definition) is 4. The molecule has 0 saturated carbocycles. The summed E-state index contributed by atoms with van der Waals surface area (Å²) in [7, 11) is 1.71. The van der Waals surface area contributed by atoms with Gasteiger partial charge in [-0.25, -0.2) is 0 Å². The summed E-state index contributed by atoms with van der Waals surface area (Å²) < 4.78 is 5.32. The topological polar surface area (TPSA) is 35.9 Å². The molecule has 4 heteroatoms. The molecule has 2 aromatic rings. The van der Waals surface area contributed by atoms with E-state index in [4.69, 9.17) is 4.74 Å². The summed E-state index contributed by atoms with van der Waals surface area (Å²) in [5, 5.41) is 10.5. The van der Waals surface area contributed by atoms with Crippen LogP contribution < -0.4 is 9.64 Å². The lowest BCUT2D eigenvalue weighted by molar-refractivity contribution is 0.139. The zero-order valence-electron chi connectivity index (χ0n) is 15.2. The average molecular weight is 340 g/mol. The minimum atomic E-state index is -0.377. The van der Waals surface area contributed by atoms with Crippen molar-refractivity contribution in [2.45, 2.75) is 19.4 Å². The standard InChI is InChI=1S/C21H28N2O2/c1-17-6-3-4-9-20(17)21(24)10-11-22-12-14-23(15-13-22)18-7-5-8-19(16-18)25-2/h3-9,16,21,24H,10-15H2,1-2H3. The summed E-state index contributed by atoms with van der Waals surface area (Å²) in [5.74, 6) is 0.904. The quantitative estimate of drug-likeness (QED) is 0.876. The summed E-state index contributed by atoms with van der Waals surface area (Å²) in [5.41, 5.74) is 3.44. The summed E-state index contributed by atoms with van der Waals surface area (Å²) in [6, 6.07) is 16.4. The minimum Gasteiger partial charge on any atom is -0.497 e. The molecule has 0 aliphatic carbocycles. The highest BCUT2D eigenvalue weighted by Crippen LogP contribution is 2.23. The third-order valence-corrected chi connectivity index (χ3v) is 5.06. The molecule has 3 rings (SSSR count). The van der Waals surface area contributed by atoms with Gasteiger partial charge in [-0.15, -0.1) is 0 Å². The Morgan fingerprint density at radius 1 is 1.04 bits per heavy atom. The van der Waals surface area contributed by atoms with Crippen molar-refractivity contribution in [2.75, 3.05) is 44.7 Å². The number of piperazine rings is 1. The Bertz CT molecular complexity index is 681. The number of nitrogens with zero attached hydrogens (tertiary/aromatic N) is 2. The maximum Gasteiger partial charge on any atom is 0.120 e. The molecule has 134 valence electrons. The van der Waals surface area contributed by atoms with Crippen molar-refractivity contribution < 1.29 is 9.84 Å². The fraction of sp³-hybridized carbons (Fsp3) is 0.429. The van der Waals surface area contributed by atoms with Crippen molar-refractivity contribution in [3.8, 4) is 5.75 Å². The number of aliphatic hydroxyl groups is 1. The van der Waals surface area contributed by atoms with Crippen LogP contribution >= 0.6 is 0 Å². The molecule has 25 heavy (non-hydrogen) atoms. The fourth-order valence-electron chi connectivity index (χ4n) is 3.46. The van der Waals surface area contributed by atoms with Crippen molar-refractivity contribution in [3.05, 3.63) is 59.7 Å². The highest BCUT2D eigenvalue weighted by Gasteiger charge is 2.19. The Labute approximate surface area is 150 Å². The van der Waals surface area contributed by atoms with Gasteiger partial charge in [0.2, 0.25) is 0 Å². The van der Waals surface area contributed by atoms with E-state index in [0.29, 0.717) is 0 Å². The first kappa shape index (κ1) is 17.8. The second kappa shape index (κ2) is 8.37. The van der Waals surface area contributed by atoms with Gasteiger partial charge in [-0.2, -0.15) is 0 Å². The van der Waals surface area contributed by atoms with E-state index in [1.165, 1.54) is 5.69 Å². The molecule has 1 N–H and O–H groups in total. The van der Waals surface area contributed by atoms with Crippen molar-refractivity contribution in [1.29, 1.82) is 0 Å².